The van der Waals surface area contributed by atoms with Gasteiger partial charge in [-0.05, 0) is 39.7 Å². The molecule has 1 nitrogen and oxygen atoms in total. The summed E-state index contributed by atoms with van der Waals surface area (Å²) in [4.78, 5) is 1.25. The first-order chi connectivity index (χ1) is 8.86. The highest BCUT2D eigenvalue weighted by Crippen LogP contribution is 2.36. The quantitative estimate of drug-likeness (QED) is 0.579. The number of nitrogens with zero attached hydrogens (tertiary/aromatic N) is 1. The van der Waals surface area contributed by atoms with Gasteiger partial charge in [-0.3, -0.25) is 0 Å². The van der Waals surface area contributed by atoms with Gasteiger partial charge in [0.15, 0.2) is 0 Å². The van der Waals surface area contributed by atoms with E-state index < -0.39 is 0 Å². The minimum Gasteiger partial charge on any atom is -0.191 e. The first-order valence-electron chi connectivity index (χ1n) is 5.62. The summed E-state index contributed by atoms with van der Waals surface area (Å²) in [5.41, 5.74) is 3.50. The minimum atomic E-state index is 1.08. The summed E-state index contributed by atoms with van der Waals surface area (Å²) in [5.74, 6) is 0. The second kappa shape index (κ2) is 5.20. The van der Waals surface area contributed by atoms with Crippen molar-refractivity contribution in [2.75, 3.05) is 0 Å². The Morgan fingerprint density at radius 2 is 1.33 bits per heavy atom. The molecule has 0 atom stereocenters. The Bertz CT molecular complexity index is 590. The first kappa shape index (κ1) is 11.9. The maximum atomic E-state index is 4.60. The fourth-order valence-corrected chi connectivity index (χ4v) is 3.82. The van der Waals surface area contributed by atoms with Gasteiger partial charge in [0, 0.05) is 5.56 Å². The Labute approximate surface area is 124 Å². The predicted octanol–water partition coefficient (Wildman–Crippen LogP) is 5.08. The zero-order chi connectivity index (χ0) is 12.4. The van der Waals surface area contributed by atoms with E-state index in [4.69, 9.17) is 0 Å². The highest BCUT2D eigenvalue weighted by molar-refractivity contribution is 14.1. The lowest BCUT2D eigenvalue weighted by atomic mass is 10.1. The van der Waals surface area contributed by atoms with E-state index >= 15 is 0 Å². The Kier molecular flexibility index (Phi) is 3.43. The van der Waals surface area contributed by atoms with Crippen molar-refractivity contribution in [3.8, 4) is 21.7 Å². The molecule has 0 fully saturated rings. The largest absolute Gasteiger partial charge is 0.191 e. The zero-order valence-corrected chi connectivity index (χ0v) is 12.5. The third-order valence-electron chi connectivity index (χ3n) is 2.72. The summed E-state index contributed by atoms with van der Waals surface area (Å²) < 4.78 is 5.83. The molecule has 0 aliphatic heterocycles. The third kappa shape index (κ3) is 2.20. The van der Waals surface area contributed by atoms with Gasteiger partial charge in [0.05, 0.1) is 14.1 Å². The minimum absolute atomic E-state index is 1.08. The molecule has 0 bridgehead atoms. The van der Waals surface area contributed by atoms with E-state index in [0.29, 0.717) is 0 Å². The molecule has 18 heavy (non-hydrogen) atoms. The van der Waals surface area contributed by atoms with Gasteiger partial charge in [0.1, 0.15) is 0 Å². The first-order valence-corrected chi connectivity index (χ1v) is 7.47. The number of rotatable bonds is 2. The maximum Gasteiger partial charge on any atom is 0.0980 e. The van der Waals surface area contributed by atoms with Crippen molar-refractivity contribution in [1.29, 1.82) is 0 Å². The fraction of sp³-hybridized carbons (Fsp3) is 0. The SMILES string of the molecule is Ic1c(-c2ccccc2)nsc1-c1ccccc1. The van der Waals surface area contributed by atoms with Crippen LogP contribution in [0.2, 0.25) is 0 Å². The summed E-state index contributed by atoms with van der Waals surface area (Å²) in [6, 6.07) is 20.8. The van der Waals surface area contributed by atoms with Crippen LogP contribution in [0.3, 0.4) is 0 Å². The molecule has 1 aromatic heterocycles. The van der Waals surface area contributed by atoms with Crippen LogP contribution in [0.5, 0.6) is 0 Å². The van der Waals surface area contributed by atoms with Crippen LogP contribution in [0.4, 0.5) is 0 Å². The lowest BCUT2D eigenvalue weighted by Crippen LogP contribution is -1.80. The monoisotopic (exact) mass is 363 g/mol. The topological polar surface area (TPSA) is 12.9 Å². The van der Waals surface area contributed by atoms with Crippen LogP contribution < -0.4 is 0 Å². The molecule has 3 heteroatoms. The van der Waals surface area contributed by atoms with Crippen molar-refractivity contribution in [3.05, 3.63) is 64.2 Å². The Morgan fingerprint density at radius 3 is 1.94 bits per heavy atom. The number of hydrogen-bond acceptors (Lipinski definition) is 2. The molecule has 2 aromatic carbocycles. The molecule has 0 amide bonds. The third-order valence-corrected chi connectivity index (χ3v) is 5.03. The summed E-state index contributed by atoms with van der Waals surface area (Å²) >= 11 is 3.96. The highest BCUT2D eigenvalue weighted by Gasteiger charge is 2.13. The van der Waals surface area contributed by atoms with Crippen LogP contribution in [-0.2, 0) is 0 Å². The zero-order valence-electron chi connectivity index (χ0n) is 9.51. The van der Waals surface area contributed by atoms with Crippen LogP contribution in [0.15, 0.2) is 60.7 Å². The molecule has 0 N–H and O–H groups in total. The Morgan fingerprint density at radius 1 is 0.778 bits per heavy atom. The van der Waals surface area contributed by atoms with Gasteiger partial charge >= 0.3 is 0 Å². The molecular formula is C15H10INS. The Hall–Kier alpha value is -1.20. The lowest BCUT2D eigenvalue weighted by Gasteiger charge is -1.99. The van der Waals surface area contributed by atoms with Gasteiger partial charge in [-0.25, -0.2) is 0 Å². The van der Waals surface area contributed by atoms with Crippen LogP contribution in [-0.4, -0.2) is 4.37 Å². The average Bonchev–Trinajstić information content (AvgIpc) is 2.83. The summed E-state index contributed by atoms with van der Waals surface area (Å²) in [5, 5.41) is 0. The van der Waals surface area contributed by atoms with Crippen molar-refractivity contribution < 1.29 is 0 Å². The van der Waals surface area contributed by atoms with Crippen molar-refractivity contribution >= 4 is 34.1 Å². The number of halogens is 1. The molecule has 88 valence electrons. The van der Waals surface area contributed by atoms with Gasteiger partial charge in [-0.1, -0.05) is 60.7 Å². The number of benzene rings is 2. The number of aromatic nitrogens is 1. The molecule has 0 unspecified atom stereocenters. The lowest BCUT2D eigenvalue weighted by molar-refractivity contribution is 1.50. The van der Waals surface area contributed by atoms with Gasteiger partial charge in [-0.15, -0.1) is 0 Å². The second-order valence-corrected chi connectivity index (χ2v) is 5.76. The molecule has 0 spiro atoms. The van der Waals surface area contributed by atoms with E-state index in [1.165, 1.54) is 19.6 Å². The van der Waals surface area contributed by atoms with E-state index in [1.807, 2.05) is 24.3 Å². The summed E-state index contributed by atoms with van der Waals surface area (Å²) in [6.45, 7) is 0. The molecule has 0 aliphatic carbocycles. The average molecular weight is 363 g/mol. The van der Waals surface area contributed by atoms with Crippen molar-refractivity contribution in [1.82, 2.24) is 4.37 Å². The highest BCUT2D eigenvalue weighted by atomic mass is 127. The molecular weight excluding hydrogens is 353 g/mol. The molecule has 1 heterocycles. The molecule has 3 rings (SSSR count). The molecule has 0 aliphatic rings. The van der Waals surface area contributed by atoms with Crippen LogP contribution in [0, 0.1) is 3.57 Å². The van der Waals surface area contributed by atoms with Gasteiger partial charge in [0.2, 0.25) is 0 Å². The van der Waals surface area contributed by atoms with E-state index in [0.717, 1.165) is 5.69 Å². The van der Waals surface area contributed by atoms with Crippen molar-refractivity contribution in [3.63, 3.8) is 0 Å². The fourth-order valence-electron chi connectivity index (χ4n) is 1.82. The van der Waals surface area contributed by atoms with Crippen molar-refractivity contribution in [2.24, 2.45) is 0 Å². The van der Waals surface area contributed by atoms with E-state index in [2.05, 4.69) is 63.4 Å². The molecule has 0 saturated carbocycles. The molecule has 0 radical (unpaired) electrons. The summed E-state index contributed by atoms with van der Waals surface area (Å²) in [7, 11) is 0. The molecule has 0 saturated heterocycles. The maximum absolute atomic E-state index is 4.60. The van der Waals surface area contributed by atoms with E-state index in [1.54, 1.807) is 11.5 Å². The van der Waals surface area contributed by atoms with Crippen LogP contribution in [0.1, 0.15) is 0 Å². The van der Waals surface area contributed by atoms with Gasteiger partial charge < -0.3 is 0 Å². The van der Waals surface area contributed by atoms with E-state index in [9.17, 15) is 0 Å². The van der Waals surface area contributed by atoms with Crippen LogP contribution >= 0.6 is 34.1 Å². The second-order valence-electron chi connectivity index (χ2n) is 3.91. The van der Waals surface area contributed by atoms with Gasteiger partial charge in [0.25, 0.3) is 0 Å². The van der Waals surface area contributed by atoms with Gasteiger partial charge in [-0.2, -0.15) is 4.37 Å². The smallest absolute Gasteiger partial charge is 0.0980 e. The standard InChI is InChI=1S/C15H10INS/c16-13-14(11-7-3-1-4-8-11)17-18-15(13)12-9-5-2-6-10-12/h1-10H. The van der Waals surface area contributed by atoms with E-state index in [-0.39, 0.29) is 0 Å². The number of hydrogen-bond donors (Lipinski definition) is 0. The predicted molar refractivity (Wildman–Crippen MR) is 85.7 cm³/mol. The van der Waals surface area contributed by atoms with Crippen LogP contribution in [0.25, 0.3) is 21.7 Å². The van der Waals surface area contributed by atoms with Crippen molar-refractivity contribution in [2.45, 2.75) is 0 Å². The summed E-state index contributed by atoms with van der Waals surface area (Å²) in [6.07, 6.45) is 0. The normalized spacial score (nSPS) is 10.5. The Balaban J connectivity index is 2.09. The molecule has 3 aromatic rings.